The van der Waals surface area contributed by atoms with Crippen LogP contribution in [0.25, 0.3) is 11.1 Å². The summed E-state index contributed by atoms with van der Waals surface area (Å²) < 4.78 is 10.6. The van der Waals surface area contributed by atoms with Crippen molar-refractivity contribution < 1.29 is 28.7 Å². The van der Waals surface area contributed by atoms with Crippen LogP contribution in [0.1, 0.15) is 41.9 Å². The van der Waals surface area contributed by atoms with Crippen LogP contribution in [0, 0.1) is 0 Å². The molecule has 0 heterocycles. The number of Topliss-reactive ketones (excluding diaryl/α,β-unsaturated/α-hetero) is 1. The number of esters is 1. The lowest BCUT2D eigenvalue weighted by Crippen LogP contribution is -2.48. The molecule has 0 aliphatic heterocycles. The van der Waals surface area contributed by atoms with Crippen LogP contribution in [-0.2, 0) is 30.5 Å². The third-order valence-electron chi connectivity index (χ3n) is 7.00. The number of ether oxygens (including phenoxy) is 2. The summed E-state index contributed by atoms with van der Waals surface area (Å²) in [6.07, 6.45) is 0.337. The van der Waals surface area contributed by atoms with E-state index in [1.54, 1.807) is 24.3 Å². The van der Waals surface area contributed by atoms with Crippen molar-refractivity contribution in [2.45, 2.75) is 37.8 Å². The first kappa shape index (κ1) is 30.8. The zero-order chi connectivity index (χ0) is 30.6. The minimum absolute atomic E-state index is 0.0512. The summed E-state index contributed by atoms with van der Waals surface area (Å²) in [5.41, 5.74) is 15.7. The monoisotopic (exact) mass is 585 g/mol. The zero-order valence-corrected chi connectivity index (χ0v) is 23.7. The third-order valence-corrected chi connectivity index (χ3v) is 7.00. The van der Waals surface area contributed by atoms with Crippen LogP contribution in [0.5, 0.6) is 0 Å². The van der Waals surface area contributed by atoms with Crippen LogP contribution in [0.2, 0.25) is 0 Å². The van der Waals surface area contributed by atoms with Crippen molar-refractivity contribution >= 4 is 29.7 Å². The lowest BCUT2D eigenvalue weighted by atomic mass is 9.98. The van der Waals surface area contributed by atoms with E-state index < -0.39 is 36.3 Å². The number of nitrogens with zero attached hydrogens (tertiary/aromatic N) is 1. The SMILES string of the molecule is NC(N)=NCCCC[C@H](NC(=O)CNC(=O)OCC1c2ccccc2-c2ccccc21)C(=O)C(=O)OCc1ccccc1. The molecular weight excluding hydrogens is 550 g/mol. The number of hydrogen-bond donors (Lipinski definition) is 4. The molecule has 0 bridgehead atoms. The predicted molar refractivity (Wildman–Crippen MR) is 161 cm³/mol. The Balaban J connectivity index is 1.28. The Morgan fingerprint density at radius 2 is 1.44 bits per heavy atom. The predicted octanol–water partition coefficient (Wildman–Crippen LogP) is 2.77. The van der Waals surface area contributed by atoms with E-state index in [2.05, 4.69) is 15.6 Å². The molecule has 3 aromatic rings. The number of fused-ring (bicyclic) bond motifs is 3. The second kappa shape index (κ2) is 15.2. The molecular formula is C32H35N5O6. The number of rotatable bonds is 14. The van der Waals surface area contributed by atoms with Crippen LogP contribution >= 0.6 is 0 Å². The van der Waals surface area contributed by atoms with Gasteiger partial charge in [-0.3, -0.25) is 14.6 Å². The Kier molecular flexibility index (Phi) is 10.8. The summed E-state index contributed by atoms with van der Waals surface area (Å²) in [4.78, 5) is 54.5. The number of ketones is 1. The molecule has 0 unspecified atom stereocenters. The molecule has 0 spiro atoms. The van der Waals surface area contributed by atoms with Gasteiger partial charge in [0, 0.05) is 12.5 Å². The number of benzene rings is 3. The Morgan fingerprint density at radius 1 is 0.814 bits per heavy atom. The van der Waals surface area contributed by atoms with Crippen molar-refractivity contribution in [2.24, 2.45) is 16.5 Å². The molecule has 0 saturated heterocycles. The van der Waals surface area contributed by atoms with E-state index in [4.69, 9.17) is 20.9 Å². The highest BCUT2D eigenvalue weighted by molar-refractivity contribution is 6.36. The molecule has 11 nitrogen and oxygen atoms in total. The number of carbonyl (C=O) groups is 4. The second-order valence-electron chi connectivity index (χ2n) is 10.0. The van der Waals surface area contributed by atoms with E-state index in [-0.39, 0.29) is 31.5 Å². The van der Waals surface area contributed by atoms with E-state index in [1.807, 2.05) is 54.6 Å². The van der Waals surface area contributed by atoms with Gasteiger partial charge in [-0.25, -0.2) is 9.59 Å². The number of alkyl carbamates (subject to hydrolysis) is 1. The largest absolute Gasteiger partial charge is 0.455 e. The third kappa shape index (κ3) is 8.65. The fraction of sp³-hybridized carbons (Fsp3) is 0.281. The van der Waals surface area contributed by atoms with Crippen molar-refractivity contribution in [3.63, 3.8) is 0 Å². The van der Waals surface area contributed by atoms with Gasteiger partial charge in [-0.15, -0.1) is 0 Å². The summed E-state index contributed by atoms with van der Waals surface area (Å²) >= 11 is 0. The average molecular weight is 586 g/mol. The maximum atomic E-state index is 12.9. The van der Waals surface area contributed by atoms with Gasteiger partial charge >= 0.3 is 12.1 Å². The van der Waals surface area contributed by atoms with Gasteiger partial charge in [0.25, 0.3) is 5.78 Å². The Hall–Kier alpha value is -5.19. The van der Waals surface area contributed by atoms with Crippen LogP contribution in [0.4, 0.5) is 4.79 Å². The summed E-state index contributed by atoms with van der Waals surface area (Å²) in [5, 5.41) is 4.95. The van der Waals surface area contributed by atoms with Crippen LogP contribution in [0.15, 0.2) is 83.9 Å². The molecule has 0 radical (unpaired) electrons. The smallest absolute Gasteiger partial charge is 0.407 e. The Labute approximate surface area is 249 Å². The summed E-state index contributed by atoms with van der Waals surface area (Å²) in [6, 6.07) is 23.7. The fourth-order valence-corrected chi connectivity index (χ4v) is 4.92. The van der Waals surface area contributed by atoms with Crippen LogP contribution < -0.4 is 22.1 Å². The number of guanidine groups is 1. The topological polar surface area (TPSA) is 175 Å². The number of nitrogens with one attached hydrogen (secondary N) is 2. The summed E-state index contributed by atoms with van der Waals surface area (Å²) in [7, 11) is 0. The van der Waals surface area contributed by atoms with Crippen molar-refractivity contribution in [2.75, 3.05) is 19.7 Å². The Bertz CT molecular complexity index is 1430. The number of hydrogen-bond acceptors (Lipinski definition) is 7. The summed E-state index contributed by atoms with van der Waals surface area (Å²) in [6.45, 7) is -0.113. The normalized spacial score (nSPS) is 12.3. The van der Waals surface area contributed by atoms with Gasteiger partial charge in [0.05, 0.1) is 6.04 Å². The van der Waals surface area contributed by atoms with Crippen LogP contribution in [-0.4, -0.2) is 55.5 Å². The first-order chi connectivity index (χ1) is 20.8. The minimum Gasteiger partial charge on any atom is -0.455 e. The van der Waals surface area contributed by atoms with Gasteiger partial charge in [-0.2, -0.15) is 0 Å². The van der Waals surface area contributed by atoms with Crippen molar-refractivity contribution in [3.8, 4) is 11.1 Å². The van der Waals surface area contributed by atoms with Gasteiger partial charge in [0.2, 0.25) is 5.91 Å². The van der Waals surface area contributed by atoms with Gasteiger partial charge in [0.1, 0.15) is 19.8 Å². The van der Waals surface area contributed by atoms with Crippen molar-refractivity contribution in [1.82, 2.24) is 10.6 Å². The van der Waals surface area contributed by atoms with E-state index in [9.17, 15) is 19.2 Å². The quantitative estimate of drug-likeness (QED) is 0.0734. The fourth-order valence-electron chi connectivity index (χ4n) is 4.92. The highest BCUT2D eigenvalue weighted by atomic mass is 16.5. The molecule has 224 valence electrons. The van der Waals surface area contributed by atoms with E-state index in [0.717, 1.165) is 22.3 Å². The van der Waals surface area contributed by atoms with Gasteiger partial charge in [-0.1, -0.05) is 78.9 Å². The standard InChI is InChI=1S/C32H35N5O6/c33-31(34)35-17-9-8-16-27(29(39)30(40)42-19-21-10-2-1-3-11-21)37-28(38)18-36-32(41)43-20-26-24-14-6-4-12-22(24)23-13-5-7-15-25(23)26/h1-7,10-15,26-27H,8-9,16-20H2,(H,36,41)(H,37,38)(H4,33,34,35)/t27-/m0/s1. The minimum atomic E-state index is -1.15. The van der Waals surface area contributed by atoms with Gasteiger partial charge < -0.3 is 31.6 Å². The van der Waals surface area contributed by atoms with Gasteiger partial charge in [-0.05, 0) is 47.1 Å². The van der Waals surface area contributed by atoms with Crippen molar-refractivity contribution in [1.29, 1.82) is 0 Å². The number of aliphatic imine (C=N–C) groups is 1. The number of carbonyl (C=O) groups excluding carboxylic acids is 4. The molecule has 4 rings (SSSR count). The highest BCUT2D eigenvalue weighted by Crippen LogP contribution is 2.44. The molecule has 11 heteroatoms. The van der Waals surface area contributed by atoms with E-state index in [1.165, 1.54) is 0 Å². The molecule has 0 saturated carbocycles. The lowest BCUT2D eigenvalue weighted by molar-refractivity contribution is -0.156. The molecule has 43 heavy (non-hydrogen) atoms. The van der Waals surface area contributed by atoms with Crippen LogP contribution in [0.3, 0.4) is 0 Å². The highest BCUT2D eigenvalue weighted by Gasteiger charge is 2.30. The summed E-state index contributed by atoms with van der Waals surface area (Å²) in [5.74, 6) is -2.80. The van der Waals surface area contributed by atoms with Gasteiger partial charge in [0.15, 0.2) is 5.96 Å². The molecule has 1 atom stereocenters. The lowest BCUT2D eigenvalue weighted by Gasteiger charge is -2.18. The molecule has 2 amide bonds. The number of unbranched alkanes of at least 4 members (excludes halogenated alkanes) is 1. The number of amides is 2. The number of nitrogens with two attached hydrogens (primary N) is 2. The molecule has 1 aliphatic carbocycles. The van der Waals surface area contributed by atoms with Crippen molar-refractivity contribution in [3.05, 3.63) is 95.6 Å². The maximum absolute atomic E-state index is 12.9. The molecule has 1 aliphatic rings. The molecule has 0 aromatic heterocycles. The second-order valence-corrected chi connectivity index (χ2v) is 10.0. The first-order valence-corrected chi connectivity index (χ1v) is 14.0. The molecule has 3 aromatic carbocycles. The maximum Gasteiger partial charge on any atom is 0.407 e. The van der Waals surface area contributed by atoms with E-state index >= 15 is 0 Å². The zero-order valence-electron chi connectivity index (χ0n) is 23.7. The first-order valence-electron chi connectivity index (χ1n) is 14.0. The molecule has 0 fully saturated rings. The average Bonchev–Trinajstić information content (AvgIpc) is 3.34. The van der Waals surface area contributed by atoms with E-state index in [0.29, 0.717) is 24.9 Å². The Morgan fingerprint density at radius 3 is 2.09 bits per heavy atom. The molecule has 6 N–H and O–H groups in total.